The number of hydrogen-bond acceptors (Lipinski definition) is 4. The van der Waals surface area contributed by atoms with Crippen LogP contribution in [0.25, 0.3) is 0 Å². The first kappa shape index (κ1) is 18.3. The van der Waals surface area contributed by atoms with Crippen molar-refractivity contribution in [3.8, 4) is 0 Å². The van der Waals surface area contributed by atoms with Crippen molar-refractivity contribution in [2.24, 2.45) is 0 Å². The van der Waals surface area contributed by atoms with Crippen LogP contribution in [0.2, 0.25) is 10.0 Å². The van der Waals surface area contributed by atoms with Crippen molar-refractivity contribution in [2.75, 3.05) is 5.32 Å². The van der Waals surface area contributed by atoms with Crippen molar-refractivity contribution in [3.63, 3.8) is 0 Å². The lowest BCUT2D eigenvalue weighted by molar-refractivity contribution is -0.115. The number of rotatable bonds is 5. The molecule has 0 spiro atoms. The molecule has 1 amide bonds. The second-order valence-electron chi connectivity index (χ2n) is 5.31. The Bertz CT molecular complexity index is 864. The maximum absolute atomic E-state index is 12.9. The number of thiazole rings is 1. The van der Waals surface area contributed by atoms with Crippen molar-refractivity contribution in [2.45, 2.75) is 16.5 Å². The average molecular weight is 409 g/mol. The van der Waals surface area contributed by atoms with Gasteiger partial charge in [0.25, 0.3) is 0 Å². The molecule has 0 bridgehead atoms. The van der Waals surface area contributed by atoms with Gasteiger partial charge in [0.1, 0.15) is 5.25 Å². The molecule has 128 valence electrons. The van der Waals surface area contributed by atoms with Crippen LogP contribution in [0.3, 0.4) is 0 Å². The molecule has 3 nitrogen and oxygen atoms in total. The number of nitrogens with one attached hydrogen (secondary N) is 1. The number of thioether (sulfide) groups is 1. The lowest BCUT2D eigenvalue weighted by atomic mass is 10.1. The molecule has 0 unspecified atom stereocenters. The van der Waals surface area contributed by atoms with E-state index in [0.717, 1.165) is 15.6 Å². The molecule has 3 rings (SSSR count). The van der Waals surface area contributed by atoms with E-state index in [4.69, 9.17) is 23.2 Å². The largest absolute Gasteiger partial charge is 0.325 e. The Balaban J connectivity index is 1.86. The lowest BCUT2D eigenvalue weighted by Crippen LogP contribution is -2.19. The zero-order chi connectivity index (χ0) is 17.8. The number of nitrogens with zero attached hydrogens (tertiary/aromatic N) is 1. The Hall–Kier alpha value is -1.53. The first-order valence-corrected chi connectivity index (χ1v) is 9.93. The van der Waals surface area contributed by atoms with Crippen LogP contribution in [0.5, 0.6) is 0 Å². The first-order chi connectivity index (χ1) is 12.0. The number of carbonyl (C=O) groups is 1. The standard InChI is InChI=1S/C18H14Cl2N2OS2/c1-11-10-24-18(21-11)25-16(12-5-3-2-4-6-12)17(23)22-15-8-13(19)7-14(20)9-15/h2-10,16H,1H3,(H,22,23)/t16-/m0/s1. The van der Waals surface area contributed by atoms with Crippen molar-refractivity contribution < 1.29 is 4.79 Å². The first-order valence-electron chi connectivity index (χ1n) is 7.42. The molecule has 0 aliphatic heterocycles. The fraction of sp³-hybridized carbons (Fsp3) is 0.111. The molecular formula is C18H14Cl2N2OS2. The molecule has 1 heterocycles. The van der Waals surface area contributed by atoms with E-state index >= 15 is 0 Å². The normalized spacial score (nSPS) is 12.0. The highest BCUT2D eigenvalue weighted by Crippen LogP contribution is 2.38. The van der Waals surface area contributed by atoms with Gasteiger partial charge in [-0.3, -0.25) is 4.79 Å². The topological polar surface area (TPSA) is 42.0 Å². The molecule has 0 aliphatic rings. The summed E-state index contributed by atoms with van der Waals surface area (Å²) >= 11 is 15.0. The van der Waals surface area contributed by atoms with Crippen LogP contribution in [-0.2, 0) is 4.79 Å². The van der Waals surface area contributed by atoms with E-state index < -0.39 is 5.25 Å². The molecule has 0 saturated heterocycles. The summed E-state index contributed by atoms with van der Waals surface area (Å²) in [5.41, 5.74) is 2.42. The molecule has 0 saturated carbocycles. The van der Waals surface area contributed by atoms with Gasteiger partial charge >= 0.3 is 0 Å². The number of aromatic nitrogens is 1. The van der Waals surface area contributed by atoms with Crippen LogP contribution in [-0.4, -0.2) is 10.9 Å². The minimum absolute atomic E-state index is 0.151. The minimum atomic E-state index is -0.426. The summed E-state index contributed by atoms with van der Waals surface area (Å²) in [5, 5.41) is 5.39. The molecule has 25 heavy (non-hydrogen) atoms. The van der Waals surface area contributed by atoms with Crippen LogP contribution < -0.4 is 5.32 Å². The van der Waals surface area contributed by atoms with Crippen LogP contribution in [0.15, 0.2) is 58.3 Å². The summed E-state index contributed by atoms with van der Waals surface area (Å²) < 4.78 is 0.852. The second kappa shape index (κ2) is 8.23. The van der Waals surface area contributed by atoms with Crippen LogP contribution >= 0.6 is 46.3 Å². The zero-order valence-corrected chi connectivity index (χ0v) is 16.3. The van der Waals surface area contributed by atoms with Gasteiger partial charge in [0.05, 0.1) is 0 Å². The van der Waals surface area contributed by atoms with Gasteiger partial charge < -0.3 is 5.32 Å². The summed E-state index contributed by atoms with van der Waals surface area (Å²) in [6, 6.07) is 14.6. The lowest BCUT2D eigenvalue weighted by Gasteiger charge is -2.16. The molecule has 1 N–H and O–H groups in total. The van der Waals surface area contributed by atoms with Gasteiger partial charge in [-0.15, -0.1) is 11.3 Å². The highest BCUT2D eigenvalue weighted by atomic mass is 35.5. The zero-order valence-electron chi connectivity index (χ0n) is 13.2. The average Bonchev–Trinajstić information content (AvgIpc) is 2.97. The Morgan fingerprint density at radius 2 is 1.84 bits per heavy atom. The Kier molecular flexibility index (Phi) is 6.02. The molecule has 3 aromatic rings. The number of halogens is 2. The minimum Gasteiger partial charge on any atom is -0.325 e. The van der Waals surface area contributed by atoms with E-state index in [1.54, 1.807) is 18.2 Å². The van der Waals surface area contributed by atoms with E-state index in [-0.39, 0.29) is 5.91 Å². The quantitative estimate of drug-likeness (QED) is 0.508. The van der Waals surface area contributed by atoms with E-state index in [0.29, 0.717) is 15.7 Å². The molecule has 1 aromatic heterocycles. The molecule has 2 aromatic carbocycles. The highest BCUT2D eigenvalue weighted by molar-refractivity contribution is 8.01. The third-order valence-corrected chi connectivity index (χ3v) is 6.07. The van der Waals surface area contributed by atoms with Gasteiger partial charge in [-0.2, -0.15) is 0 Å². The SMILES string of the molecule is Cc1csc(S[C@H](C(=O)Nc2cc(Cl)cc(Cl)c2)c2ccccc2)n1. The van der Waals surface area contributed by atoms with Gasteiger partial charge in [0.2, 0.25) is 5.91 Å². The van der Waals surface area contributed by atoms with Gasteiger partial charge in [0, 0.05) is 26.8 Å². The fourth-order valence-corrected chi connectivity index (χ4v) is 4.78. The molecular weight excluding hydrogens is 395 g/mol. The number of hydrogen-bond donors (Lipinski definition) is 1. The van der Waals surface area contributed by atoms with Crippen LogP contribution in [0.4, 0.5) is 5.69 Å². The van der Waals surface area contributed by atoms with Gasteiger partial charge in [-0.1, -0.05) is 65.3 Å². The Morgan fingerprint density at radius 3 is 2.44 bits per heavy atom. The fourth-order valence-electron chi connectivity index (χ4n) is 2.22. The third-order valence-electron chi connectivity index (χ3n) is 3.29. The van der Waals surface area contributed by atoms with Crippen molar-refractivity contribution in [3.05, 3.63) is 75.2 Å². The van der Waals surface area contributed by atoms with Crippen molar-refractivity contribution in [1.82, 2.24) is 4.98 Å². The molecule has 0 fully saturated rings. The second-order valence-corrected chi connectivity index (χ2v) is 8.39. The molecule has 0 aliphatic carbocycles. The smallest absolute Gasteiger partial charge is 0.242 e. The van der Waals surface area contributed by atoms with Gasteiger partial charge in [0.15, 0.2) is 4.34 Å². The molecule has 0 radical (unpaired) electrons. The van der Waals surface area contributed by atoms with Crippen molar-refractivity contribution in [1.29, 1.82) is 0 Å². The number of amides is 1. The number of benzene rings is 2. The maximum Gasteiger partial charge on any atom is 0.242 e. The maximum atomic E-state index is 12.9. The summed E-state index contributed by atoms with van der Waals surface area (Å²) in [7, 11) is 0. The van der Waals surface area contributed by atoms with E-state index in [2.05, 4.69) is 10.3 Å². The van der Waals surface area contributed by atoms with E-state index in [1.165, 1.54) is 23.1 Å². The summed E-state index contributed by atoms with van der Waals surface area (Å²) in [4.78, 5) is 17.4. The summed E-state index contributed by atoms with van der Waals surface area (Å²) in [6.07, 6.45) is 0. The van der Waals surface area contributed by atoms with Crippen LogP contribution in [0.1, 0.15) is 16.5 Å². The Morgan fingerprint density at radius 1 is 1.16 bits per heavy atom. The number of aryl methyl sites for hydroxylation is 1. The predicted octanol–water partition coefficient (Wildman–Crippen LogP) is 6.23. The predicted molar refractivity (Wildman–Crippen MR) is 107 cm³/mol. The van der Waals surface area contributed by atoms with E-state index in [1.807, 2.05) is 42.6 Å². The number of carbonyl (C=O) groups excluding carboxylic acids is 1. The van der Waals surface area contributed by atoms with Crippen LogP contribution in [0, 0.1) is 6.92 Å². The van der Waals surface area contributed by atoms with E-state index in [9.17, 15) is 4.79 Å². The number of anilines is 1. The Labute approximate surface area is 164 Å². The molecule has 1 atom stereocenters. The third kappa shape index (κ3) is 4.98. The molecule has 7 heteroatoms. The van der Waals surface area contributed by atoms with Crippen molar-refractivity contribution >= 4 is 57.9 Å². The van der Waals surface area contributed by atoms with Gasteiger partial charge in [-0.25, -0.2) is 4.98 Å². The van der Waals surface area contributed by atoms with Gasteiger partial charge in [-0.05, 0) is 30.7 Å². The summed E-state index contributed by atoms with van der Waals surface area (Å²) in [5.74, 6) is -0.151. The highest BCUT2D eigenvalue weighted by Gasteiger charge is 2.23. The monoisotopic (exact) mass is 408 g/mol. The summed E-state index contributed by atoms with van der Waals surface area (Å²) in [6.45, 7) is 1.94.